The molecule has 4 nitrogen and oxygen atoms in total. The molecule has 1 atom stereocenters. The van der Waals surface area contributed by atoms with Crippen LogP contribution in [0.5, 0.6) is 0 Å². The maximum atomic E-state index is 12.0. The highest BCUT2D eigenvalue weighted by molar-refractivity contribution is 5.88. The maximum Gasteiger partial charge on any atom is 0.240 e. The second-order valence-corrected chi connectivity index (χ2v) is 6.25. The molecule has 0 bridgehead atoms. The molecular weight excluding hydrogens is 238 g/mol. The van der Waals surface area contributed by atoms with Gasteiger partial charge in [0.05, 0.1) is 5.54 Å². The van der Waals surface area contributed by atoms with Crippen molar-refractivity contribution in [3.63, 3.8) is 0 Å². The number of carbonyl (C=O) groups is 1. The molecule has 0 radical (unpaired) electrons. The van der Waals surface area contributed by atoms with E-state index in [1.165, 1.54) is 38.8 Å². The first-order chi connectivity index (χ1) is 9.10. The number of amides is 1. The molecule has 110 valence electrons. The van der Waals surface area contributed by atoms with Gasteiger partial charge in [0.2, 0.25) is 5.91 Å². The van der Waals surface area contributed by atoms with E-state index in [4.69, 9.17) is 5.73 Å². The van der Waals surface area contributed by atoms with Crippen molar-refractivity contribution < 1.29 is 4.79 Å². The highest BCUT2D eigenvalue weighted by Gasteiger charge is 2.46. The van der Waals surface area contributed by atoms with Crippen LogP contribution in [0.2, 0.25) is 0 Å². The van der Waals surface area contributed by atoms with Gasteiger partial charge in [-0.3, -0.25) is 9.69 Å². The Morgan fingerprint density at radius 1 is 1.26 bits per heavy atom. The number of nitrogens with two attached hydrogens (primary N) is 1. The van der Waals surface area contributed by atoms with Crippen LogP contribution in [0.25, 0.3) is 0 Å². The Hall–Kier alpha value is -0.610. The second-order valence-electron chi connectivity index (χ2n) is 6.25. The van der Waals surface area contributed by atoms with E-state index in [0.29, 0.717) is 12.0 Å². The number of nitrogens with one attached hydrogen (secondary N) is 1. The Bertz CT molecular complexity index is 303. The summed E-state index contributed by atoms with van der Waals surface area (Å²) in [7, 11) is 0. The lowest BCUT2D eigenvalue weighted by Gasteiger charge is -2.34. The van der Waals surface area contributed by atoms with Crippen molar-refractivity contribution in [2.45, 2.75) is 64.0 Å². The Labute approximate surface area is 117 Å². The van der Waals surface area contributed by atoms with Crippen LogP contribution in [0.3, 0.4) is 0 Å². The van der Waals surface area contributed by atoms with E-state index in [1.807, 2.05) is 0 Å². The fraction of sp³-hybridized carbons (Fsp3) is 0.933. The second kappa shape index (κ2) is 6.23. The topological polar surface area (TPSA) is 58.4 Å². The number of carbonyl (C=O) groups excluding carboxylic acids is 1. The average molecular weight is 267 g/mol. The van der Waals surface area contributed by atoms with Gasteiger partial charge in [0.15, 0.2) is 0 Å². The minimum absolute atomic E-state index is 0.0580. The predicted molar refractivity (Wildman–Crippen MR) is 77.8 cm³/mol. The van der Waals surface area contributed by atoms with Crippen LogP contribution in [0.4, 0.5) is 0 Å². The summed E-state index contributed by atoms with van der Waals surface area (Å²) in [4.78, 5) is 14.6. The molecule has 1 amide bonds. The number of hydrogen-bond acceptors (Lipinski definition) is 3. The summed E-state index contributed by atoms with van der Waals surface area (Å²) in [5.41, 5.74) is 5.41. The first-order valence-corrected chi connectivity index (χ1v) is 7.92. The standard InChI is InChI=1S/C15H29N3O/c1-3-12(4-2)13(18-9-5-6-10-18)11-17-14(19)15(16)7-8-15/h12-13H,3-11,16H2,1-2H3,(H,17,19). The molecule has 1 aliphatic heterocycles. The van der Waals surface area contributed by atoms with Crippen LogP contribution in [-0.2, 0) is 4.79 Å². The summed E-state index contributed by atoms with van der Waals surface area (Å²) in [5, 5.41) is 3.11. The van der Waals surface area contributed by atoms with E-state index < -0.39 is 5.54 Å². The summed E-state index contributed by atoms with van der Waals surface area (Å²) < 4.78 is 0. The third kappa shape index (κ3) is 3.48. The van der Waals surface area contributed by atoms with Crippen LogP contribution in [-0.4, -0.2) is 42.0 Å². The molecule has 0 aromatic carbocycles. The summed E-state index contributed by atoms with van der Waals surface area (Å²) in [6.45, 7) is 7.65. The van der Waals surface area contributed by atoms with E-state index in [9.17, 15) is 4.79 Å². The number of rotatable bonds is 7. The van der Waals surface area contributed by atoms with Crippen molar-refractivity contribution in [3.8, 4) is 0 Å². The van der Waals surface area contributed by atoms with Gasteiger partial charge in [0, 0.05) is 12.6 Å². The summed E-state index contributed by atoms with van der Waals surface area (Å²) in [6.07, 6.45) is 6.65. The molecule has 0 aromatic heterocycles. The number of likely N-dealkylation sites (tertiary alicyclic amines) is 1. The van der Waals surface area contributed by atoms with Crippen LogP contribution in [0.1, 0.15) is 52.4 Å². The van der Waals surface area contributed by atoms with Crippen molar-refractivity contribution in [2.75, 3.05) is 19.6 Å². The molecular formula is C15H29N3O. The minimum Gasteiger partial charge on any atom is -0.353 e. The van der Waals surface area contributed by atoms with Gasteiger partial charge in [0.1, 0.15) is 0 Å². The zero-order valence-corrected chi connectivity index (χ0v) is 12.5. The lowest BCUT2D eigenvalue weighted by Crippen LogP contribution is -2.51. The van der Waals surface area contributed by atoms with Gasteiger partial charge in [0.25, 0.3) is 0 Å². The highest BCUT2D eigenvalue weighted by atomic mass is 16.2. The highest BCUT2D eigenvalue weighted by Crippen LogP contribution is 2.32. The molecule has 19 heavy (non-hydrogen) atoms. The molecule has 1 saturated carbocycles. The van der Waals surface area contributed by atoms with E-state index in [0.717, 1.165) is 19.4 Å². The monoisotopic (exact) mass is 267 g/mol. The molecule has 1 unspecified atom stereocenters. The lowest BCUT2D eigenvalue weighted by molar-refractivity contribution is -0.123. The van der Waals surface area contributed by atoms with Crippen LogP contribution in [0, 0.1) is 5.92 Å². The van der Waals surface area contributed by atoms with Gasteiger partial charge >= 0.3 is 0 Å². The Kier molecular flexibility index (Phi) is 4.85. The largest absolute Gasteiger partial charge is 0.353 e. The summed E-state index contributed by atoms with van der Waals surface area (Å²) >= 11 is 0. The van der Waals surface area contributed by atoms with Gasteiger partial charge in [-0.1, -0.05) is 26.7 Å². The van der Waals surface area contributed by atoms with Gasteiger partial charge < -0.3 is 11.1 Å². The lowest BCUT2D eigenvalue weighted by atomic mass is 9.92. The van der Waals surface area contributed by atoms with Gasteiger partial charge in [-0.05, 0) is 44.7 Å². The van der Waals surface area contributed by atoms with E-state index in [-0.39, 0.29) is 5.91 Å². The van der Waals surface area contributed by atoms with E-state index in [1.54, 1.807) is 0 Å². The quantitative estimate of drug-likeness (QED) is 0.735. The summed E-state index contributed by atoms with van der Waals surface area (Å²) in [5.74, 6) is 0.731. The summed E-state index contributed by atoms with van der Waals surface area (Å²) in [6, 6.07) is 0.490. The molecule has 0 spiro atoms. The molecule has 0 aromatic rings. The first kappa shape index (κ1) is 14.8. The van der Waals surface area contributed by atoms with Crippen LogP contribution >= 0.6 is 0 Å². The Morgan fingerprint density at radius 3 is 2.32 bits per heavy atom. The minimum atomic E-state index is -0.538. The normalized spacial score (nSPS) is 23.6. The van der Waals surface area contributed by atoms with Crippen molar-refractivity contribution in [1.29, 1.82) is 0 Å². The van der Waals surface area contributed by atoms with E-state index >= 15 is 0 Å². The van der Waals surface area contributed by atoms with Gasteiger partial charge in [-0.25, -0.2) is 0 Å². The number of nitrogens with zero attached hydrogens (tertiary/aromatic N) is 1. The molecule has 2 fully saturated rings. The average Bonchev–Trinajstić information content (AvgIpc) is 2.95. The SMILES string of the molecule is CCC(CC)C(CNC(=O)C1(N)CC1)N1CCCC1. The maximum absolute atomic E-state index is 12.0. The van der Waals surface area contributed by atoms with Crippen LogP contribution in [0.15, 0.2) is 0 Å². The Morgan fingerprint density at radius 2 is 1.84 bits per heavy atom. The fourth-order valence-corrected chi connectivity index (χ4v) is 3.24. The van der Waals surface area contributed by atoms with E-state index in [2.05, 4.69) is 24.1 Å². The first-order valence-electron chi connectivity index (χ1n) is 7.92. The molecule has 2 rings (SSSR count). The third-order valence-corrected chi connectivity index (χ3v) is 4.92. The molecule has 1 aliphatic carbocycles. The van der Waals surface area contributed by atoms with Crippen LogP contribution < -0.4 is 11.1 Å². The molecule has 2 aliphatic rings. The fourth-order valence-electron chi connectivity index (χ4n) is 3.24. The molecule has 1 saturated heterocycles. The zero-order valence-electron chi connectivity index (χ0n) is 12.5. The number of hydrogen-bond donors (Lipinski definition) is 2. The molecule has 4 heteroatoms. The zero-order chi connectivity index (χ0) is 13.9. The smallest absolute Gasteiger partial charge is 0.240 e. The predicted octanol–water partition coefficient (Wildman–Crippen LogP) is 1.49. The molecule has 1 heterocycles. The van der Waals surface area contributed by atoms with Crippen molar-refractivity contribution in [1.82, 2.24) is 10.2 Å². The van der Waals surface area contributed by atoms with Gasteiger partial charge in [-0.2, -0.15) is 0 Å². The van der Waals surface area contributed by atoms with Crippen molar-refractivity contribution in [3.05, 3.63) is 0 Å². The third-order valence-electron chi connectivity index (χ3n) is 4.92. The molecule has 3 N–H and O–H groups in total. The van der Waals surface area contributed by atoms with Crippen molar-refractivity contribution >= 4 is 5.91 Å². The van der Waals surface area contributed by atoms with Gasteiger partial charge in [-0.15, -0.1) is 0 Å². The van der Waals surface area contributed by atoms with Crippen molar-refractivity contribution in [2.24, 2.45) is 11.7 Å². The Balaban J connectivity index is 1.90.